The average molecular weight is 475 g/mol. The first-order valence-electron chi connectivity index (χ1n) is 10.4. The summed E-state index contributed by atoms with van der Waals surface area (Å²) >= 11 is 1.47. The van der Waals surface area contributed by atoms with Crippen molar-refractivity contribution in [2.75, 3.05) is 0 Å². The average Bonchev–Trinajstić information content (AvgIpc) is 3.34. The number of benzene rings is 2. The fourth-order valence-electron chi connectivity index (χ4n) is 3.66. The second kappa shape index (κ2) is 8.97. The Kier molecular flexibility index (Phi) is 6.25. The number of rotatable bonds is 7. The van der Waals surface area contributed by atoms with Crippen molar-refractivity contribution in [1.29, 1.82) is 0 Å². The van der Waals surface area contributed by atoms with Crippen molar-refractivity contribution in [3.8, 4) is 10.6 Å². The molecule has 0 unspecified atom stereocenters. The van der Waals surface area contributed by atoms with Crippen LogP contribution < -0.4 is 0 Å². The Bertz CT molecular complexity index is 1310. The van der Waals surface area contributed by atoms with Gasteiger partial charge in [-0.25, -0.2) is 9.97 Å². The Morgan fingerprint density at radius 2 is 1.76 bits per heavy atom. The molecule has 0 saturated heterocycles. The Morgan fingerprint density at radius 3 is 2.42 bits per heavy atom. The van der Waals surface area contributed by atoms with Gasteiger partial charge in [0.2, 0.25) is 0 Å². The second-order valence-corrected chi connectivity index (χ2v) is 8.90. The van der Waals surface area contributed by atoms with Gasteiger partial charge in [-0.1, -0.05) is 18.2 Å². The van der Waals surface area contributed by atoms with Crippen molar-refractivity contribution < 1.29 is 27.5 Å². The molecule has 4 rings (SSSR count). The number of nitrogens with zero attached hydrogens (tertiary/aromatic N) is 2. The first kappa shape index (κ1) is 23.0. The molecule has 0 atom stereocenters. The number of oxazole rings is 1. The van der Waals surface area contributed by atoms with Crippen molar-refractivity contribution in [2.24, 2.45) is 0 Å². The summed E-state index contributed by atoms with van der Waals surface area (Å²) in [6, 6.07) is 8.83. The van der Waals surface area contributed by atoms with Crippen LogP contribution in [0.15, 0.2) is 40.8 Å². The highest BCUT2D eigenvalue weighted by Gasteiger charge is 2.30. The van der Waals surface area contributed by atoms with E-state index in [1.807, 2.05) is 26.0 Å². The fraction of sp³-hybridized carbons (Fsp3) is 0.292. The predicted octanol–water partition coefficient (Wildman–Crippen LogP) is 6.39. The van der Waals surface area contributed by atoms with E-state index >= 15 is 0 Å². The molecule has 0 fully saturated rings. The zero-order valence-electron chi connectivity index (χ0n) is 18.0. The molecule has 0 amide bonds. The van der Waals surface area contributed by atoms with E-state index < -0.39 is 17.7 Å². The lowest BCUT2D eigenvalue weighted by molar-refractivity contribution is -0.138. The molecule has 0 aliphatic heterocycles. The normalized spacial score (nSPS) is 11.9. The highest BCUT2D eigenvalue weighted by atomic mass is 32.1. The van der Waals surface area contributed by atoms with Gasteiger partial charge in [-0.05, 0) is 56.0 Å². The molecule has 1 N–H and O–H groups in total. The summed E-state index contributed by atoms with van der Waals surface area (Å²) in [5, 5.41) is 9.58. The Hall–Kier alpha value is -3.20. The highest BCUT2D eigenvalue weighted by Crippen LogP contribution is 2.34. The summed E-state index contributed by atoms with van der Waals surface area (Å²) in [4.78, 5) is 21.0. The molecule has 0 radical (unpaired) electrons. The summed E-state index contributed by atoms with van der Waals surface area (Å²) in [6.07, 6.45) is -2.80. The molecule has 172 valence electrons. The minimum absolute atomic E-state index is 0.0477. The van der Waals surface area contributed by atoms with E-state index in [4.69, 9.17) is 9.52 Å². The van der Waals surface area contributed by atoms with Crippen molar-refractivity contribution >= 4 is 28.4 Å². The van der Waals surface area contributed by atoms with Crippen LogP contribution in [0.3, 0.4) is 0 Å². The van der Waals surface area contributed by atoms with Gasteiger partial charge in [0.25, 0.3) is 0 Å². The third-order valence-corrected chi connectivity index (χ3v) is 6.72. The number of carbonyl (C=O) groups is 1. The van der Waals surface area contributed by atoms with E-state index in [9.17, 15) is 18.0 Å². The molecule has 0 spiro atoms. The third-order valence-electron chi connectivity index (χ3n) is 5.45. The molecule has 33 heavy (non-hydrogen) atoms. The van der Waals surface area contributed by atoms with Crippen molar-refractivity contribution in [2.45, 2.75) is 45.7 Å². The number of hydrogen-bond donors (Lipinski definition) is 1. The van der Waals surface area contributed by atoms with Gasteiger partial charge in [-0.2, -0.15) is 13.2 Å². The quantitative estimate of drug-likeness (QED) is 0.336. The van der Waals surface area contributed by atoms with E-state index in [0.717, 1.165) is 39.3 Å². The van der Waals surface area contributed by atoms with Crippen LogP contribution in [0.5, 0.6) is 0 Å². The van der Waals surface area contributed by atoms with Crippen molar-refractivity contribution in [1.82, 2.24) is 9.97 Å². The molecule has 0 aliphatic rings. The summed E-state index contributed by atoms with van der Waals surface area (Å²) < 4.78 is 44.2. The van der Waals surface area contributed by atoms with E-state index in [-0.39, 0.29) is 12.8 Å². The molecule has 2 aromatic heterocycles. The standard InChI is InChI=1S/C24H21F3N2O3S/c1-13-3-9-18-22(29-20(32-18)11-12-21(30)31)17(13)8-10-19-14(2)28-23(33-19)15-4-6-16(7-5-15)24(25,26)27/h3-7,9H,8,10-12H2,1-2H3,(H,30,31). The van der Waals surface area contributed by atoms with Crippen LogP contribution in [-0.4, -0.2) is 21.0 Å². The Balaban J connectivity index is 1.54. The molecule has 2 heterocycles. The number of halogens is 3. The summed E-state index contributed by atoms with van der Waals surface area (Å²) in [6.45, 7) is 3.89. The molecule has 4 aromatic rings. The van der Waals surface area contributed by atoms with Gasteiger partial charge in [0.05, 0.1) is 17.7 Å². The van der Waals surface area contributed by atoms with Crippen LogP contribution in [0, 0.1) is 13.8 Å². The lowest BCUT2D eigenvalue weighted by Crippen LogP contribution is -2.03. The number of alkyl halides is 3. The van der Waals surface area contributed by atoms with Gasteiger partial charge in [-0.3, -0.25) is 4.79 Å². The number of thiazole rings is 1. The SMILES string of the molecule is Cc1ccc2oc(CCC(=O)O)nc2c1CCc1sc(-c2ccc(C(F)(F)F)cc2)nc1C. The minimum atomic E-state index is -4.37. The van der Waals surface area contributed by atoms with Gasteiger partial charge < -0.3 is 9.52 Å². The van der Waals surface area contributed by atoms with Gasteiger partial charge >= 0.3 is 12.1 Å². The number of aromatic nitrogens is 2. The zero-order chi connectivity index (χ0) is 23.8. The van der Waals surface area contributed by atoms with Crippen LogP contribution in [0.2, 0.25) is 0 Å². The highest BCUT2D eigenvalue weighted by molar-refractivity contribution is 7.15. The van der Waals surface area contributed by atoms with E-state index in [1.54, 1.807) is 0 Å². The number of hydrogen-bond acceptors (Lipinski definition) is 5. The van der Waals surface area contributed by atoms with E-state index in [1.165, 1.54) is 23.5 Å². The topological polar surface area (TPSA) is 76.2 Å². The molecule has 9 heteroatoms. The summed E-state index contributed by atoms with van der Waals surface area (Å²) in [5.74, 6) is -0.504. The predicted molar refractivity (Wildman–Crippen MR) is 119 cm³/mol. The second-order valence-electron chi connectivity index (χ2n) is 7.81. The number of carboxylic acids is 1. The van der Waals surface area contributed by atoms with Crippen LogP contribution >= 0.6 is 11.3 Å². The number of carboxylic acid groups (broad SMARTS) is 1. The minimum Gasteiger partial charge on any atom is -0.481 e. The lowest BCUT2D eigenvalue weighted by Gasteiger charge is -2.06. The largest absolute Gasteiger partial charge is 0.481 e. The number of aliphatic carboxylic acids is 1. The molecular weight excluding hydrogens is 453 g/mol. The van der Waals surface area contributed by atoms with Crippen LogP contribution in [-0.2, 0) is 30.2 Å². The summed E-state index contributed by atoms with van der Waals surface area (Å²) in [5.41, 5.74) is 4.27. The van der Waals surface area contributed by atoms with Crippen LogP contribution in [0.4, 0.5) is 13.2 Å². The fourth-order valence-corrected chi connectivity index (χ4v) is 4.72. The van der Waals surface area contributed by atoms with Crippen LogP contribution in [0.25, 0.3) is 21.7 Å². The molecular formula is C24H21F3N2O3S. The molecule has 0 bridgehead atoms. The monoisotopic (exact) mass is 474 g/mol. The molecule has 0 aliphatic carbocycles. The maximum atomic E-state index is 12.8. The van der Waals surface area contributed by atoms with Gasteiger partial charge in [0.1, 0.15) is 10.5 Å². The third kappa shape index (κ3) is 5.08. The molecule has 2 aromatic carbocycles. The first-order chi connectivity index (χ1) is 15.6. The molecule has 5 nitrogen and oxygen atoms in total. The zero-order valence-corrected chi connectivity index (χ0v) is 18.8. The Morgan fingerprint density at radius 1 is 1.03 bits per heavy atom. The molecule has 0 saturated carbocycles. The van der Waals surface area contributed by atoms with E-state index in [2.05, 4.69) is 9.97 Å². The van der Waals surface area contributed by atoms with Crippen molar-refractivity contribution in [3.63, 3.8) is 0 Å². The smallest absolute Gasteiger partial charge is 0.416 e. The van der Waals surface area contributed by atoms with Crippen molar-refractivity contribution in [3.05, 3.63) is 69.6 Å². The number of fused-ring (bicyclic) bond motifs is 1. The Labute approximate surface area is 191 Å². The van der Waals surface area contributed by atoms with Gasteiger partial charge in [0, 0.05) is 16.9 Å². The summed E-state index contributed by atoms with van der Waals surface area (Å²) in [7, 11) is 0. The first-order valence-corrected chi connectivity index (χ1v) is 11.2. The van der Waals surface area contributed by atoms with Gasteiger partial charge in [-0.15, -0.1) is 11.3 Å². The maximum absolute atomic E-state index is 12.8. The van der Waals surface area contributed by atoms with E-state index in [0.29, 0.717) is 34.9 Å². The maximum Gasteiger partial charge on any atom is 0.416 e. The van der Waals surface area contributed by atoms with Crippen LogP contribution in [0.1, 0.15) is 39.6 Å². The van der Waals surface area contributed by atoms with Gasteiger partial charge in [0.15, 0.2) is 11.5 Å². The lowest BCUT2D eigenvalue weighted by atomic mass is 10.0. The number of aryl methyl sites for hydroxylation is 5.